The van der Waals surface area contributed by atoms with Gasteiger partial charge < -0.3 is 10.0 Å². The van der Waals surface area contributed by atoms with Crippen molar-refractivity contribution in [3.63, 3.8) is 0 Å². The van der Waals surface area contributed by atoms with E-state index in [0.717, 1.165) is 24.7 Å². The normalized spacial score (nSPS) is 19.2. The Kier molecular flexibility index (Phi) is 5.60. The Bertz CT molecular complexity index is 654. The second kappa shape index (κ2) is 7.46. The van der Waals surface area contributed by atoms with Crippen LogP contribution in [0.3, 0.4) is 0 Å². The zero-order valence-electron chi connectivity index (χ0n) is 13.2. The average Bonchev–Trinajstić information content (AvgIpc) is 2.47. The molecule has 0 heterocycles. The van der Waals surface area contributed by atoms with Crippen LogP contribution in [0.4, 0.5) is 8.78 Å². The van der Waals surface area contributed by atoms with Gasteiger partial charge in [-0.05, 0) is 37.9 Å². The van der Waals surface area contributed by atoms with Crippen LogP contribution in [0.2, 0.25) is 0 Å². The van der Waals surface area contributed by atoms with Gasteiger partial charge in [0.1, 0.15) is 17.4 Å². The summed E-state index contributed by atoms with van der Waals surface area (Å²) in [4.78, 5) is 18.3. The van der Waals surface area contributed by atoms with Gasteiger partial charge in [-0.1, -0.05) is 0 Å². The number of carbonyl (C=O) groups excluding carboxylic acids is 1. The van der Waals surface area contributed by atoms with E-state index in [2.05, 4.69) is 4.99 Å². The molecule has 124 valence electrons. The smallest absolute Gasteiger partial charge is 0.168 e. The van der Waals surface area contributed by atoms with Crippen LogP contribution < -0.4 is 0 Å². The maximum absolute atomic E-state index is 13.8. The van der Waals surface area contributed by atoms with E-state index in [1.807, 2.05) is 19.0 Å². The fourth-order valence-corrected chi connectivity index (χ4v) is 2.52. The number of nitrogens with zero attached hydrogens (tertiary/aromatic N) is 2. The number of likely N-dealkylation sites (N-methyl/N-ethyl adjacent to an activating group) is 1. The van der Waals surface area contributed by atoms with Crippen LogP contribution in [-0.2, 0) is 4.79 Å². The fraction of sp³-hybridized carbons (Fsp3) is 0.412. The molecule has 1 aromatic carbocycles. The zero-order valence-corrected chi connectivity index (χ0v) is 13.2. The Labute approximate surface area is 134 Å². The number of hydrogen-bond acceptors (Lipinski definition) is 4. The van der Waals surface area contributed by atoms with E-state index >= 15 is 0 Å². The van der Waals surface area contributed by atoms with Crippen LogP contribution >= 0.6 is 0 Å². The van der Waals surface area contributed by atoms with E-state index in [-0.39, 0.29) is 35.5 Å². The minimum absolute atomic E-state index is 0.0272. The zero-order chi connectivity index (χ0) is 17.0. The number of carbonyl (C=O) groups is 1. The molecule has 0 radical (unpaired) electrons. The van der Waals surface area contributed by atoms with Gasteiger partial charge in [0.15, 0.2) is 5.78 Å². The number of ketones is 1. The number of benzene rings is 1. The molecule has 1 aliphatic carbocycles. The molecule has 1 N–H and O–H groups in total. The van der Waals surface area contributed by atoms with Crippen molar-refractivity contribution in [2.75, 3.05) is 27.2 Å². The summed E-state index contributed by atoms with van der Waals surface area (Å²) in [6, 6.07) is 3.15. The molecule has 0 spiro atoms. The van der Waals surface area contributed by atoms with E-state index in [9.17, 15) is 18.7 Å². The van der Waals surface area contributed by atoms with Crippen molar-refractivity contribution < 1.29 is 18.7 Å². The number of allylic oxidation sites excluding steroid dienone is 2. The summed E-state index contributed by atoms with van der Waals surface area (Å²) in [6.07, 6.45) is 1.50. The third-order valence-electron chi connectivity index (χ3n) is 3.78. The highest BCUT2D eigenvalue weighted by atomic mass is 19.1. The van der Waals surface area contributed by atoms with Gasteiger partial charge in [0.25, 0.3) is 0 Å². The quantitative estimate of drug-likeness (QED) is 0.848. The lowest BCUT2D eigenvalue weighted by Gasteiger charge is -2.22. The molecule has 1 aliphatic rings. The first-order valence-corrected chi connectivity index (χ1v) is 7.43. The molecule has 1 aromatic rings. The largest absolute Gasteiger partial charge is 0.511 e. The van der Waals surface area contributed by atoms with Gasteiger partial charge in [-0.3, -0.25) is 9.79 Å². The molecule has 0 saturated carbocycles. The fourth-order valence-electron chi connectivity index (χ4n) is 2.52. The van der Waals surface area contributed by atoms with Gasteiger partial charge in [-0.25, -0.2) is 8.78 Å². The molecule has 0 aromatic heterocycles. The number of aliphatic hydroxyl groups is 1. The first-order chi connectivity index (χ1) is 10.9. The van der Waals surface area contributed by atoms with Crippen molar-refractivity contribution in [3.8, 4) is 0 Å². The van der Waals surface area contributed by atoms with Crippen molar-refractivity contribution >= 4 is 12.0 Å². The molecule has 0 amide bonds. The van der Waals surface area contributed by atoms with Gasteiger partial charge in [0.05, 0.1) is 12.1 Å². The summed E-state index contributed by atoms with van der Waals surface area (Å²) in [5, 5.41) is 10.1. The van der Waals surface area contributed by atoms with Gasteiger partial charge in [-0.15, -0.1) is 0 Å². The molecule has 1 unspecified atom stereocenters. The summed E-state index contributed by atoms with van der Waals surface area (Å²) in [6.45, 7) is 1.24. The summed E-state index contributed by atoms with van der Waals surface area (Å²) in [5.74, 6) is -2.12. The summed E-state index contributed by atoms with van der Waals surface area (Å²) in [7, 11) is 3.83. The number of hydrogen-bond donors (Lipinski definition) is 1. The molecule has 0 saturated heterocycles. The number of Topliss-reactive ketones (excluding diaryl/α,β-unsaturated/α-hetero) is 1. The minimum Gasteiger partial charge on any atom is -0.511 e. The predicted octanol–water partition coefficient (Wildman–Crippen LogP) is 2.86. The minimum atomic E-state index is -0.569. The van der Waals surface area contributed by atoms with Crippen LogP contribution in [-0.4, -0.2) is 49.2 Å². The molecular weight excluding hydrogens is 302 g/mol. The van der Waals surface area contributed by atoms with E-state index in [1.165, 1.54) is 6.21 Å². The highest BCUT2D eigenvalue weighted by Crippen LogP contribution is 2.34. The summed E-state index contributed by atoms with van der Waals surface area (Å²) in [5.41, 5.74) is 0.283. The lowest BCUT2D eigenvalue weighted by Crippen LogP contribution is -2.20. The first-order valence-electron chi connectivity index (χ1n) is 7.43. The van der Waals surface area contributed by atoms with Crippen LogP contribution in [0.1, 0.15) is 24.3 Å². The lowest BCUT2D eigenvalue weighted by molar-refractivity contribution is -0.116. The second-order valence-corrected chi connectivity index (χ2v) is 5.89. The van der Waals surface area contributed by atoms with E-state index in [1.54, 1.807) is 0 Å². The van der Waals surface area contributed by atoms with Gasteiger partial charge in [0.2, 0.25) is 0 Å². The topological polar surface area (TPSA) is 52.9 Å². The van der Waals surface area contributed by atoms with Crippen molar-refractivity contribution in [3.05, 3.63) is 46.7 Å². The van der Waals surface area contributed by atoms with Crippen LogP contribution in [0.5, 0.6) is 0 Å². The Morgan fingerprint density at radius 3 is 2.74 bits per heavy atom. The predicted molar refractivity (Wildman–Crippen MR) is 84.9 cm³/mol. The monoisotopic (exact) mass is 322 g/mol. The molecular formula is C17H20F2N2O2. The van der Waals surface area contributed by atoms with Crippen molar-refractivity contribution in [2.45, 2.75) is 18.8 Å². The molecule has 0 bridgehead atoms. The summed E-state index contributed by atoms with van der Waals surface area (Å²) < 4.78 is 27.1. The standard InChI is InChI=1S/C17H20F2N2O2/c1-21(2)6-5-20-10-14-16(22)7-11(8-17(14)23)13-9-12(18)3-4-15(13)19/h3-4,9-11,22H,5-8H2,1-2H3. The molecule has 0 aliphatic heterocycles. The van der Waals surface area contributed by atoms with Gasteiger partial charge in [-0.2, -0.15) is 0 Å². The number of aliphatic imine (C=N–C) groups is 1. The van der Waals surface area contributed by atoms with Crippen LogP contribution in [0.15, 0.2) is 34.5 Å². The lowest BCUT2D eigenvalue weighted by atomic mass is 9.82. The van der Waals surface area contributed by atoms with Crippen LogP contribution in [0.25, 0.3) is 0 Å². The molecule has 23 heavy (non-hydrogen) atoms. The van der Waals surface area contributed by atoms with E-state index in [4.69, 9.17) is 0 Å². The highest BCUT2D eigenvalue weighted by molar-refractivity contribution is 6.14. The maximum atomic E-state index is 13.8. The summed E-state index contributed by atoms with van der Waals surface area (Å²) >= 11 is 0. The van der Waals surface area contributed by atoms with E-state index < -0.39 is 17.6 Å². The first kappa shape index (κ1) is 17.3. The molecule has 2 rings (SSSR count). The Balaban J connectivity index is 2.14. The average molecular weight is 322 g/mol. The molecule has 4 nitrogen and oxygen atoms in total. The van der Waals surface area contributed by atoms with Crippen LogP contribution in [0, 0.1) is 11.6 Å². The number of rotatable bonds is 5. The molecule has 1 atom stereocenters. The second-order valence-electron chi connectivity index (χ2n) is 5.89. The van der Waals surface area contributed by atoms with Gasteiger partial charge in [0, 0.05) is 31.5 Å². The Morgan fingerprint density at radius 1 is 1.35 bits per heavy atom. The van der Waals surface area contributed by atoms with Crippen molar-refractivity contribution in [1.29, 1.82) is 0 Å². The van der Waals surface area contributed by atoms with Gasteiger partial charge >= 0.3 is 0 Å². The number of aliphatic hydroxyl groups excluding tert-OH is 1. The van der Waals surface area contributed by atoms with E-state index in [0.29, 0.717) is 6.54 Å². The Morgan fingerprint density at radius 2 is 2.09 bits per heavy atom. The SMILES string of the molecule is CN(C)CCN=CC1=C(O)CC(c2cc(F)ccc2F)CC1=O. The van der Waals surface area contributed by atoms with Crippen molar-refractivity contribution in [1.82, 2.24) is 4.90 Å². The number of halogens is 2. The Hall–Kier alpha value is -2.08. The molecule has 0 fully saturated rings. The third kappa shape index (κ3) is 4.45. The highest BCUT2D eigenvalue weighted by Gasteiger charge is 2.29. The van der Waals surface area contributed by atoms with Crippen molar-refractivity contribution in [2.24, 2.45) is 4.99 Å². The maximum Gasteiger partial charge on any atom is 0.168 e. The molecule has 6 heteroatoms. The third-order valence-corrected chi connectivity index (χ3v) is 3.78.